The Labute approximate surface area is 291 Å². The number of nitrogens with zero attached hydrogens (tertiary/aromatic N) is 20. The minimum Gasteiger partial charge on any atom is -0.382 e. The van der Waals surface area contributed by atoms with Crippen molar-refractivity contribution in [2.45, 2.75) is 27.7 Å². The number of nitrogens with one attached hydrogen (secondary N) is 1. The third-order valence-electron chi connectivity index (χ3n) is 6.74. The quantitative estimate of drug-likeness (QED) is 0.150. The maximum atomic E-state index is 12.8. The number of azo groups is 2. The predicted octanol–water partition coefficient (Wildman–Crippen LogP) is 3.26. The molecule has 7 rings (SSSR count). The number of hydrogen-bond donors (Lipinski definition) is 3. The minimum atomic E-state index is -0.825. The second-order valence-corrected chi connectivity index (χ2v) is 11.6. The van der Waals surface area contributed by atoms with Gasteiger partial charge in [0.05, 0.1) is 30.4 Å². The van der Waals surface area contributed by atoms with Crippen molar-refractivity contribution in [3.05, 3.63) is 62.9 Å². The fraction of sp³-hybridized carbons (Fsp3) is 0.160. The largest absolute Gasteiger partial charge is 0.382 e. The average molecular weight is 722 g/mol. The molecule has 0 aliphatic rings. The number of aryl methyl sites for hydroxylation is 4. The fourth-order valence-electron chi connectivity index (χ4n) is 4.43. The van der Waals surface area contributed by atoms with E-state index in [-0.39, 0.29) is 57.8 Å². The van der Waals surface area contributed by atoms with Crippen LogP contribution in [-0.4, -0.2) is 72.8 Å². The van der Waals surface area contributed by atoms with E-state index in [1.165, 1.54) is 21.8 Å². The molecule has 0 saturated heterocycles. The molecule has 51 heavy (non-hydrogen) atoms. The monoisotopic (exact) mass is 721 g/mol. The molecule has 0 aliphatic heterocycles. The van der Waals surface area contributed by atoms with Crippen LogP contribution in [0.4, 0.5) is 40.3 Å². The smallest absolute Gasteiger partial charge is 0.351 e. The molecular weight excluding hydrogens is 703 g/mol. The van der Waals surface area contributed by atoms with Crippen molar-refractivity contribution in [2.24, 2.45) is 20.5 Å². The van der Waals surface area contributed by atoms with E-state index in [1.807, 2.05) is 6.07 Å². The molecule has 0 atom stereocenters. The summed E-state index contributed by atoms with van der Waals surface area (Å²) in [6.07, 6.45) is 2.66. The van der Waals surface area contributed by atoms with Gasteiger partial charge in [-0.05, 0) is 27.7 Å². The van der Waals surface area contributed by atoms with Crippen molar-refractivity contribution in [1.29, 1.82) is 5.26 Å². The highest BCUT2D eigenvalue weighted by atomic mass is 32.1. The highest BCUT2D eigenvalue weighted by molar-refractivity contribution is 7.08. The first kappa shape index (κ1) is 32.1. The lowest BCUT2D eigenvalue weighted by molar-refractivity contribution is 0.732. The molecule has 0 aromatic carbocycles. The first-order chi connectivity index (χ1) is 24.6. The van der Waals surface area contributed by atoms with Crippen LogP contribution < -0.4 is 17.2 Å². The molecule has 0 saturated carbocycles. The van der Waals surface area contributed by atoms with E-state index in [0.717, 1.165) is 32.4 Å². The normalized spacial score (nSPS) is 11.6. The summed E-state index contributed by atoms with van der Waals surface area (Å²) in [7, 11) is 0. The number of anilines is 2. The Balaban J connectivity index is 1.22. The Bertz CT molecular complexity index is 2500. The number of hydrogen-bond acceptors (Lipinski definition) is 20. The van der Waals surface area contributed by atoms with Crippen LogP contribution in [0.2, 0.25) is 0 Å². The van der Waals surface area contributed by atoms with Crippen molar-refractivity contribution in [3.63, 3.8) is 0 Å². The van der Waals surface area contributed by atoms with Gasteiger partial charge in [-0.2, -0.15) is 63.1 Å². The Morgan fingerprint density at radius 2 is 1.37 bits per heavy atom. The fourth-order valence-corrected chi connectivity index (χ4v) is 5.71. The van der Waals surface area contributed by atoms with Crippen LogP contribution in [0.3, 0.4) is 0 Å². The third kappa shape index (κ3) is 5.72. The molecule has 0 bridgehead atoms. The molecule has 0 fully saturated rings. The average Bonchev–Trinajstić information content (AvgIpc) is 3.96. The zero-order chi connectivity index (χ0) is 36.0. The maximum absolute atomic E-state index is 12.8. The van der Waals surface area contributed by atoms with Gasteiger partial charge in [-0.25, -0.2) is 19.6 Å². The van der Waals surface area contributed by atoms with Crippen molar-refractivity contribution < 1.29 is 0 Å². The molecule has 0 unspecified atom stereocenters. The van der Waals surface area contributed by atoms with Gasteiger partial charge in [0.15, 0.2) is 34.6 Å². The number of aromatic amines is 1. The van der Waals surface area contributed by atoms with Crippen molar-refractivity contribution in [3.8, 4) is 28.2 Å². The number of nitrogen functional groups attached to an aromatic ring is 2. The van der Waals surface area contributed by atoms with E-state index in [9.17, 15) is 10.1 Å². The van der Waals surface area contributed by atoms with Gasteiger partial charge >= 0.3 is 5.69 Å². The molecule has 7 heterocycles. The SMILES string of the molecule is [C-]#[N+]c1cnn(-c2nc(C)ns2)c1N=Nc1c(C)nn(-c2nc(-n3nc(C)c(N=Nc4c(C#N)cnn4-c4nc(C)ns4)c3N)[nH]c(=O)n2)c1N. The molecule has 24 nitrogen and oxygen atoms in total. The molecule has 0 radical (unpaired) electrons. The number of rotatable bonds is 8. The lowest BCUT2D eigenvalue weighted by Crippen LogP contribution is -2.22. The van der Waals surface area contributed by atoms with Crippen LogP contribution in [0.5, 0.6) is 0 Å². The van der Waals surface area contributed by atoms with Crippen molar-refractivity contribution in [1.82, 2.24) is 72.8 Å². The van der Waals surface area contributed by atoms with E-state index in [1.54, 1.807) is 27.7 Å². The van der Waals surface area contributed by atoms with Gasteiger partial charge in [-0.1, -0.05) is 0 Å². The van der Waals surface area contributed by atoms with Crippen LogP contribution in [0, 0.1) is 45.6 Å². The Kier molecular flexibility index (Phi) is 7.89. The van der Waals surface area contributed by atoms with Crippen LogP contribution >= 0.6 is 23.1 Å². The van der Waals surface area contributed by atoms with Gasteiger partial charge in [-0.15, -0.1) is 20.5 Å². The van der Waals surface area contributed by atoms with E-state index in [4.69, 9.17) is 18.0 Å². The summed E-state index contributed by atoms with van der Waals surface area (Å²) in [5.41, 5.74) is 13.1. The predicted molar refractivity (Wildman–Crippen MR) is 178 cm³/mol. The summed E-state index contributed by atoms with van der Waals surface area (Å²) in [4.78, 5) is 35.6. The van der Waals surface area contributed by atoms with E-state index in [0.29, 0.717) is 33.3 Å². The molecule has 26 heteroatoms. The molecule has 5 N–H and O–H groups in total. The highest BCUT2D eigenvalue weighted by Crippen LogP contribution is 2.35. The zero-order valence-corrected chi connectivity index (χ0v) is 28.1. The van der Waals surface area contributed by atoms with Crippen LogP contribution in [0.25, 0.3) is 27.0 Å². The van der Waals surface area contributed by atoms with Crippen molar-refractivity contribution >= 4 is 63.4 Å². The van der Waals surface area contributed by atoms with Crippen LogP contribution in [-0.2, 0) is 0 Å². The zero-order valence-electron chi connectivity index (χ0n) is 26.5. The molecule has 0 aliphatic carbocycles. The molecule has 0 spiro atoms. The van der Waals surface area contributed by atoms with Gasteiger partial charge in [0.2, 0.25) is 16.2 Å². The summed E-state index contributed by atoms with van der Waals surface area (Å²) in [5, 5.41) is 44.4. The highest BCUT2D eigenvalue weighted by Gasteiger charge is 2.22. The van der Waals surface area contributed by atoms with E-state index < -0.39 is 5.69 Å². The minimum absolute atomic E-state index is 0.0511. The van der Waals surface area contributed by atoms with Crippen LogP contribution in [0.1, 0.15) is 28.6 Å². The first-order valence-electron chi connectivity index (χ1n) is 14.1. The molecule has 252 valence electrons. The Morgan fingerprint density at radius 3 is 1.96 bits per heavy atom. The van der Waals surface area contributed by atoms with Gasteiger partial charge in [-0.3, -0.25) is 4.98 Å². The second-order valence-electron chi connectivity index (χ2n) is 10.2. The lowest BCUT2D eigenvalue weighted by atomic mass is 10.4. The van der Waals surface area contributed by atoms with Gasteiger partial charge in [0, 0.05) is 23.1 Å². The standard InChI is InChI=1S/C25H19N23OS2/c1-9-15(37-39-19-13(6-26)7-30-47(19)24-32-11(3)43-50-24)17(27)45(41-9)21-34-22(36-23(49)35-21)46-18(28)16(10(2)42-46)38-40-20-14(29-5)8-31-48(20)25-33-12(4)44-51-25/h7-8H,27-28H2,1-4H3,(H,34,35,36,49). The number of nitrogens with two attached hydrogens (primary N) is 2. The number of nitriles is 1. The summed E-state index contributed by atoms with van der Waals surface area (Å²) < 4.78 is 13.2. The first-order valence-corrected chi connectivity index (χ1v) is 15.7. The summed E-state index contributed by atoms with van der Waals surface area (Å²) in [5.74, 6) is 0.754. The number of aromatic nitrogens is 15. The second kappa shape index (κ2) is 12.5. The van der Waals surface area contributed by atoms with Gasteiger partial charge in [0.25, 0.3) is 11.6 Å². The van der Waals surface area contributed by atoms with E-state index in [2.05, 4.69) is 79.4 Å². The van der Waals surface area contributed by atoms with Crippen LogP contribution in [0.15, 0.2) is 37.6 Å². The summed E-state index contributed by atoms with van der Waals surface area (Å²) in [6, 6.07) is 2.02. The third-order valence-corrected chi connectivity index (χ3v) is 8.30. The van der Waals surface area contributed by atoms with E-state index >= 15 is 0 Å². The Morgan fingerprint density at radius 1 is 0.804 bits per heavy atom. The topological polar surface area (TPSA) is 311 Å². The Hall–Kier alpha value is -7.45. The molecular formula is C25H19N23OS2. The van der Waals surface area contributed by atoms with Crippen molar-refractivity contribution in [2.75, 3.05) is 11.5 Å². The lowest BCUT2D eigenvalue weighted by Gasteiger charge is -2.06. The number of H-pyrrole nitrogens is 1. The molecule has 0 amide bonds. The molecule has 7 aromatic heterocycles. The maximum Gasteiger partial charge on any atom is 0.351 e. The summed E-state index contributed by atoms with van der Waals surface area (Å²) in [6.45, 7) is 14.2. The summed E-state index contributed by atoms with van der Waals surface area (Å²) >= 11 is 2.15. The van der Waals surface area contributed by atoms with Gasteiger partial charge in [0.1, 0.15) is 23.3 Å². The molecule has 7 aromatic rings. The van der Waals surface area contributed by atoms with Gasteiger partial charge < -0.3 is 11.5 Å².